The Labute approximate surface area is 449 Å². The van der Waals surface area contributed by atoms with Crippen LogP contribution >= 0.6 is 0 Å². The zero-order chi connectivity index (χ0) is 52.2. The van der Waals surface area contributed by atoms with Crippen molar-refractivity contribution >= 4 is 11.9 Å². The first kappa shape index (κ1) is 70.1. The molecule has 0 aromatic heterocycles. The van der Waals surface area contributed by atoms with Gasteiger partial charge >= 0.3 is 5.97 Å². The summed E-state index contributed by atoms with van der Waals surface area (Å²) in [6.45, 7) is 4.93. The highest BCUT2D eigenvalue weighted by Gasteiger charge is 2.20. The fourth-order valence-electron chi connectivity index (χ4n) is 9.98. The molecular formula is C66H125NO5. The number of hydrogen-bond donors (Lipinski definition) is 3. The fraction of sp³-hybridized carbons (Fsp3) is 0.879. The number of carbonyl (C=O) groups excluding carboxylic acids is 2. The van der Waals surface area contributed by atoms with Gasteiger partial charge in [0.1, 0.15) is 0 Å². The molecule has 0 aliphatic carbocycles. The summed E-state index contributed by atoms with van der Waals surface area (Å²) < 4.78 is 5.47. The van der Waals surface area contributed by atoms with E-state index in [-0.39, 0.29) is 18.5 Å². The molecule has 0 bridgehead atoms. The van der Waals surface area contributed by atoms with Crippen LogP contribution in [0.3, 0.4) is 0 Å². The van der Waals surface area contributed by atoms with Crippen LogP contribution in [0.4, 0.5) is 0 Å². The molecule has 2 atom stereocenters. The smallest absolute Gasteiger partial charge is 0.305 e. The molecular weight excluding hydrogens is 887 g/mol. The zero-order valence-corrected chi connectivity index (χ0v) is 48.4. The molecule has 72 heavy (non-hydrogen) atoms. The molecule has 0 spiro atoms. The Morgan fingerprint density at radius 2 is 0.694 bits per heavy atom. The number of hydrogen-bond acceptors (Lipinski definition) is 5. The SMILES string of the molecule is CCCCCCCC/C=C\CCCCCCCCCCCC(=O)OCCCCC/C=C\C=C/CCCCCCCCCCCCC(=O)NC(CO)C(O)CCCCCCCCCCCCCCCCCCC. The summed E-state index contributed by atoms with van der Waals surface area (Å²) in [5.41, 5.74) is 0. The molecule has 0 saturated carbocycles. The third kappa shape index (κ3) is 57.4. The predicted molar refractivity (Wildman–Crippen MR) is 315 cm³/mol. The van der Waals surface area contributed by atoms with E-state index in [0.717, 1.165) is 70.6 Å². The first-order valence-electron chi connectivity index (χ1n) is 32.3. The highest BCUT2D eigenvalue weighted by Crippen LogP contribution is 2.18. The van der Waals surface area contributed by atoms with Crippen LogP contribution in [0.15, 0.2) is 36.5 Å². The van der Waals surface area contributed by atoms with Gasteiger partial charge in [-0.2, -0.15) is 0 Å². The minimum absolute atomic E-state index is 0.0133. The average molecular weight is 1010 g/mol. The molecule has 1 amide bonds. The molecule has 0 saturated heterocycles. The standard InChI is InChI=1S/C66H125NO5/c1-3-5-7-9-11-13-15-17-19-21-23-28-32-36-40-44-48-52-56-60-66(71)72-61-57-53-49-45-41-37-33-29-25-22-24-27-31-35-39-43-47-51-55-59-65(70)67-63(62-68)64(69)58-54-50-46-42-38-34-30-26-20-18-16-14-12-10-8-6-4-2/h17,19,29,33,37,41,63-64,68-69H,3-16,18,20-28,30-32,34-36,38-40,42-62H2,1-2H3,(H,67,70)/b19-17-,33-29-,41-37-. The first-order valence-corrected chi connectivity index (χ1v) is 32.3. The second-order valence-electron chi connectivity index (χ2n) is 22.1. The molecule has 0 fully saturated rings. The van der Waals surface area contributed by atoms with Crippen molar-refractivity contribution in [2.75, 3.05) is 13.2 Å². The first-order chi connectivity index (χ1) is 35.5. The highest BCUT2D eigenvalue weighted by molar-refractivity contribution is 5.76. The minimum Gasteiger partial charge on any atom is -0.466 e. The third-order valence-corrected chi connectivity index (χ3v) is 14.9. The van der Waals surface area contributed by atoms with E-state index >= 15 is 0 Å². The maximum Gasteiger partial charge on any atom is 0.305 e. The maximum absolute atomic E-state index is 12.5. The number of rotatable bonds is 60. The van der Waals surface area contributed by atoms with Gasteiger partial charge < -0.3 is 20.3 Å². The molecule has 2 unspecified atom stereocenters. The van der Waals surface area contributed by atoms with Gasteiger partial charge in [0.05, 0.1) is 25.4 Å². The quantitative estimate of drug-likeness (QED) is 0.0244. The lowest BCUT2D eigenvalue weighted by Gasteiger charge is -2.22. The molecule has 0 rings (SSSR count). The fourth-order valence-corrected chi connectivity index (χ4v) is 9.98. The summed E-state index contributed by atoms with van der Waals surface area (Å²) in [7, 11) is 0. The van der Waals surface area contributed by atoms with Crippen LogP contribution in [0.1, 0.15) is 348 Å². The highest BCUT2D eigenvalue weighted by atomic mass is 16.5. The number of unbranched alkanes of at least 4 members (excludes halogenated alkanes) is 44. The van der Waals surface area contributed by atoms with Crippen LogP contribution in [-0.2, 0) is 14.3 Å². The Bertz CT molecular complexity index is 1170. The van der Waals surface area contributed by atoms with E-state index in [4.69, 9.17) is 4.74 Å². The van der Waals surface area contributed by atoms with Gasteiger partial charge in [-0.25, -0.2) is 0 Å². The average Bonchev–Trinajstić information content (AvgIpc) is 3.38. The molecule has 6 heteroatoms. The van der Waals surface area contributed by atoms with Gasteiger partial charge in [0.2, 0.25) is 5.91 Å². The van der Waals surface area contributed by atoms with Gasteiger partial charge in [-0.1, -0.05) is 288 Å². The van der Waals surface area contributed by atoms with Crippen molar-refractivity contribution in [2.24, 2.45) is 0 Å². The van der Waals surface area contributed by atoms with Crippen molar-refractivity contribution in [3.05, 3.63) is 36.5 Å². The van der Waals surface area contributed by atoms with Gasteiger partial charge in [0, 0.05) is 12.8 Å². The lowest BCUT2D eigenvalue weighted by molar-refractivity contribution is -0.143. The summed E-state index contributed by atoms with van der Waals surface area (Å²) in [6.07, 6.45) is 77.3. The summed E-state index contributed by atoms with van der Waals surface area (Å²) in [6, 6.07) is -0.550. The Balaban J connectivity index is 3.46. The van der Waals surface area contributed by atoms with E-state index < -0.39 is 12.1 Å². The van der Waals surface area contributed by atoms with E-state index in [1.807, 2.05) is 0 Å². The van der Waals surface area contributed by atoms with Crippen molar-refractivity contribution in [1.82, 2.24) is 5.32 Å². The topological polar surface area (TPSA) is 95.9 Å². The van der Waals surface area contributed by atoms with Crippen molar-refractivity contribution in [3.8, 4) is 0 Å². The largest absolute Gasteiger partial charge is 0.466 e. The zero-order valence-electron chi connectivity index (χ0n) is 48.4. The van der Waals surface area contributed by atoms with Gasteiger partial charge in [-0.15, -0.1) is 0 Å². The van der Waals surface area contributed by atoms with Crippen molar-refractivity contribution in [3.63, 3.8) is 0 Å². The number of allylic oxidation sites excluding steroid dienone is 6. The second-order valence-corrected chi connectivity index (χ2v) is 22.1. The molecule has 0 radical (unpaired) electrons. The van der Waals surface area contributed by atoms with E-state index in [9.17, 15) is 19.8 Å². The third-order valence-electron chi connectivity index (χ3n) is 14.9. The Kier molecular flexibility index (Phi) is 60.0. The molecule has 0 aromatic carbocycles. The lowest BCUT2D eigenvalue weighted by atomic mass is 10.0. The predicted octanol–water partition coefficient (Wildman–Crippen LogP) is 20.4. The Hall–Kier alpha value is -1.92. The Morgan fingerprint density at radius 1 is 0.389 bits per heavy atom. The van der Waals surface area contributed by atoms with Crippen LogP contribution in [0.25, 0.3) is 0 Å². The van der Waals surface area contributed by atoms with Gasteiger partial charge in [0.25, 0.3) is 0 Å². The van der Waals surface area contributed by atoms with E-state index in [2.05, 4.69) is 55.6 Å². The van der Waals surface area contributed by atoms with Crippen molar-refractivity contribution in [1.29, 1.82) is 0 Å². The molecule has 0 aliphatic heterocycles. The Morgan fingerprint density at radius 3 is 1.07 bits per heavy atom. The number of aliphatic hydroxyl groups is 2. The summed E-state index contributed by atoms with van der Waals surface area (Å²) in [5.74, 6) is -0.0561. The number of amides is 1. The number of carbonyl (C=O) groups is 2. The normalized spacial score (nSPS) is 12.8. The molecule has 6 nitrogen and oxygen atoms in total. The van der Waals surface area contributed by atoms with Crippen molar-refractivity contribution in [2.45, 2.75) is 360 Å². The number of aliphatic hydroxyl groups excluding tert-OH is 2. The molecule has 0 aromatic rings. The summed E-state index contributed by atoms with van der Waals surface area (Å²) in [5, 5.41) is 23.3. The summed E-state index contributed by atoms with van der Waals surface area (Å²) >= 11 is 0. The van der Waals surface area contributed by atoms with E-state index in [1.54, 1.807) is 0 Å². The van der Waals surface area contributed by atoms with Gasteiger partial charge in [0.15, 0.2) is 0 Å². The van der Waals surface area contributed by atoms with Crippen molar-refractivity contribution < 1.29 is 24.5 Å². The number of esters is 1. The number of nitrogens with one attached hydrogen (secondary N) is 1. The lowest BCUT2D eigenvalue weighted by Crippen LogP contribution is -2.45. The second kappa shape index (κ2) is 61.6. The van der Waals surface area contributed by atoms with Crippen LogP contribution in [0.2, 0.25) is 0 Å². The molecule has 0 aliphatic rings. The molecule has 424 valence electrons. The van der Waals surface area contributed by atoms with E-state index in [1.165, 1.54) is 244 Å². The van der Waals surface area contributed by atoms with E-state index in [0.29, 0.717) is 25.9 Å². The van der Waals surface area contributed by atoms with Crippen LogP contribution in [0, 0.1) is 0 Å². The maximum atomic E-state index is 12.5. The van der Waals surface area contributed by atoms with Crippen LogP contribution in [0.5, 0.6) is 0 Å². The molecule has 0 heterocycles. The van der Waals surface area contributed by atoms with Crippen LogP contribution < -0.4 is 5.32 Å². The van der Waals surface area contributed by atoms with Gasteiger partial charge in [-0.3, -0.25) is 9.59 Å². The summed E-state index contributed by atoms with van der Waals surface area (Å²) in [4.78, 5) is 24.6. The monoisotopic (exact) mass is 1010 g/mol. The minimum atomic E-state index is -0.672. The number of ether oxygens (including phenoxy) is 1. The van der Waals surface area contributed by atoms with Gasteiger partial charge in [-0.05, 0) is 83.5 Å². The molecule has 3 N–H and O–H groups in total. The van der Waals surface area contributed by atoms with Crippen LogP contribution in [-0.4, -0.2) is 47.4 Å².